The third kappa shape index (κ3) is 3.84. The third-order valence-electron chi connectivity index (χ3n) is 6.35. The lowest BCUT2D eigenvalue weighted by Gasteiger charge is -2.17. The average Bonchev–Trinajstić information content (AvgIpc) is 3.41. The van der Waals surface area contributed by atoms with Gasteiger partial charge in [0.15, 0.2) is 0 Å². The number of fused-ring (bicyclic) bond motifs is 6. The van der Waals surface area contributed by atoms with Gasteiger partial charge in [-0.3, -0.25) is 0 Å². The molecule has 2 nitrogen and oxygen atoms in total. The van der Waals surface area contributed by atoms with Crippen LogP contribution in [0, 0.1) is 0 Å². The number of allylic oxidation sites excluding steroid dienone is 2. The zero-order valence-electron chi connectivity index (χ0n) is 19.2. The van der Waals surface area contributed by atoms with Gasteiger partial charge in [0.05, 0.1) is 10.7 Å². The van der Waals surface area contributed by atoms with E-state index in [0.717, 1.165) is 13.1 Å². The van der Waals surface area contributed by atoms with Crippen molar-refractivity contribution in [3.8, 4) is 0 Å². The maximum absolute atomic E-state index is 2.42. The Morgan fingerprint density at radius 3 is 2.32 bits per heavy atom. The van der Waals surface area contributed by atoms with Crippen molar-refractivity contribution in [1.82, 2.24) is 0 Å². The lowest BCUT2D eigenvalue weighted by molar-refractivity contribution is -0.665. The molecule has 0 fully saturated rings. The molecule has 0 saturated heterocycles. The molecular formula is C29H25IN2S2. The van der Waals surface area contributed by atoms with Crippen LogP contribution < -0.4 is 33.4 Å². The predicted molar refractivity (Wildman–Crippen MR) is 145 cm³/mol. The molecule has 5 heteroatoms. The molecule has 0 N–H and O–H groups in total. The highest BCUT2D eigenvalue weighted by atomic mass is 127. The van der Waals surface area contributed by atoms with Gasteiger partial charge in [0, 0.05) is 29.0 Å². The number of halogens is 1. The van der Waals surface area contributed by atoms with Crippen LogP contribution in [0.25, 0.3) is 37.8 Å². The number of hydrogen-bond donors (Lipinski definition) is 0. The molecule has 0 bridgehead atoms. The molecule has 6 rings (SSSR count). The molecule has 0 radical (unpaired) electrons. The van der Waals surface area contributed by atoms with Gasteiger partial charge in [0.2, 0.25) is 5.52 Å². The number of aryl methyl sites for hydroxylation is 1. The first kappa shape index (κ1) is 23.4. The number of thiazole rings is 1. The topological polar surface area (TPSA) is 7.12 Å². The highest BCUT2D eigenvalue weighted by molar-refractivity contribution is 8.04. The highest BCUT2D eigenvalue weighted by Crippen LogP contribution is 2.49. The second-order valence-electron chi connectivity index (χ2n) is 8.16. The number of rotatable bonds is 4. The van der Waals surface area contributed by atoms with E-state index in [4.69, 9.17) is 0 Å². The molecule has 4 aromatic carbocycles. The molecule has 1 aliphatic heterocycles. The van der Waals surface area contributed by atoms with Crippen molar-refractivity contribution in [2.45, 2.75) is 25.3 Å². The molecule has 5 aromatic rings. The van der Waals surface area contributed by atoms with Crippen LogP contribution in [0.4, 0.5) is 5.69 Å². The van der Waals surface area contributed by atoms with Crippen LogP contribution in [0.2, 0.25) is 0 Å². The summed E-state index contributed by atoms with van der Waals surface area (Å²) in [6.07, 6.45) is 6.76. The van der Waals surface area contributed by atoms with Gasteiger partial charge < -0.3 is 28.9 Å². The van der Waals surface area contributed by atoms with Crippen LogP contribution in [0.15, 0.2) is 94.9 Å². The average molecular weight is 593 g/mol. The largest absolute Gasteiger partial charge is 1.00 e. The van der Waals surface area contributed by atoms with Crippen molar-refractivity contribution in [3.63, 3.8) is 0 Å². The van der Waals surface area contributed by atoms with Crippen LogP contribution in [-0.2, 0) is 6.54 Å². The minimum absolute atomic E-state index is 0. The monoisotopic (exact) mass is 592 g/mol. The Morgan fingerprint density at radius 2 is 1.56 bits per heavy atom. The summed E-state index contributed by atoms with van der Waals surface area (Å²) in [5, 5.41) is 7.86. The lowest BCUT2D eigenvalue weighted by Crippen LogP contribution is -3.00. The lowest BCUT2D eigenvalue weighted by atomic mass is 10.1. The van der Waals surface area contributed by atoms with Crippen molar-refractivity contribution in [2.24, 2.45) is 0 Å². The fraction of sp³-hybridized carbons (Fsp3) is 0.138. The van der Waals surface area contributed by atoms with Crippen molar-refractivity contribution in [2.75, 3.05) is 11.4 Å². The zero-order chi connectivity index (χ0) is 22.4. The molecular weight excluding hydrogens is 567 g/mol. The molecule has 0 atom stereocenters. The Hall–Kier alpha value is -2.35. The predicted octanol–water partition coefficient (Wildman–Crippen LogP) is 5.01. The Kier molecular flexibility index (Phi) is 6.69. The van der Waals surface area contributed by atoms with Gasteiger partial charge in [0.25, 0.3) is 5.01 Å². The molecule has 0 spiro atoms. The fourth-order valence-electron chi connectivity index (χ4n) is 4.77. The Bertz CT molecular complexity index is 1580. The number of hydrogen-bond acceptors (Lipinski definition) is 3. The molecule has 1 aliphatic rings. The molecule has 0 aliphatic carbocycles. The number of benzene rings is 4. The number of aromatic nitrogens is 1. The second kappa shape index (κ2) is 9.72. The third-order valence-corrected chi connectivity index (χ3v) is 8.75. The first-order chi connectivity index (χ1) is 16.3. The minimum atomic E-state index is 0. The summed E-state index contributed by atoms with van der Waals surface area (Å²) in [6.45, 7) is 6.37. The van der Waals surface area contributed by atoms with Crippen molar-refractivity contribution in [1.29, 1.82) is 0 Å². The summed E-state index contributed by atoms with van der Waals surface area (Å²) in [5.74, 6) is 0. The van der Waals surface area contributed by atoms with Gasteiger partial charge in [-0.1, -0.05) is 83.8 Å². The van der Waals surface area contributed by atoms with Gasteiger partial charge in [-0.15, -0.1) is 0 Å². The number of nitrogens with zero attached hydrogens (tertiary/aromatic N) is 2. The van der Waals surface area contributed by atoms with E-state index in [-0.39, 0.29) is 24.0 Å². The number of thioether (sulfide) groups is 1. The molecule has 1 aromatic heterocycles. The first-order valence-electron chi connectivity index (χ1n) is 11.5. The van der Waals surface area contributed by atoms with Gasteiger partial charge in [0.1, 0.15) is 11.2 Å². The molecule has 0 unspecified atom stereocenters. The highest BCUT2D eigenvalue weighted by Gasteiger charge is 2.25. The van der Waals surface area contributed by atoms with Crippen LogP contribution in [0.3, 0.4) is 0 Å². The van der Waals surface area contributed by atoms with E-state index in [1.165, 1.54) is 52.4 Å². The Balaban J connectivity index is 0.00000241. The van der Waals surface area contributed by atoms with E-state index in [1.807, 2.05) is 23.1 Å². The van der Waals surface area contributed by atoms with Crippen molar-refractivity contribution < 1.29 is 28.5 Å². The van der Waals surface area contributed by atoms with Crippen LogP contribution in [0.1, 0.15) is 18.9 Å². The quantitative estimate of drug-likeness (QED) is 0.214. The zero-order valence-corrected chi connectivity index (χ0v) is 23.0. The van der Waals surface area contributed by atoms with Crippen molar-refractivity contribution in [3.05, 3.63) is 95.0 Å². The van der Waals surface area contributed by atoms with E-state index in [0.29, 0.717) is 0 Å². The SMILES string of the molecule is CCN1C(=CC=Cc2sc3c4ccccc4ccc3[n+]2CC)Sc2c1ccc1ccccc21.[I-]. The van der Waals surface area contributed by atoms with Crippen LogP contribution >= 0.6 is 23.1 Å². The Labute approximate surface area is 225 Å². The molecule has 170 valence electrons. The van der Waals surface area contributed by atoms with Crippen molar-refractivity contribution >= 4 is 66.6 Å². The molecule has 2 heterocycles. The van der Waals surface area contributed by atoms with Crippen LogP contribution in [0.5, 0.6) is 0 Å². The summed E-state index contributed by atoms with van der Waals surface area (Å²) >= 11 is 3.77. The van der Waals surface area contributed by atoms with E-state index < -0.39 is 0 Å². The van der Waals surface area contributed by atoms with Gasteiger partial charge in [-0.25, -0.2) is 0 Å². The van der Waals surface area contributed by atoms with Gasteiger partial charge in [-0.2, -0.15) is 4.57 Å². The second-order valence-corrected chi connectivity index (χ2v) is 10.2. The van der Waals surface area contributed by atoms with E-state index in [9.17, 15) is 0 Å². The van der Waals surface area contributed by atoms with E-state index in [2.05, 4.69) is 114 Å². The Morgan fingerprint density at radius 1 is 0.853 bits per heavy atom. The first-order valence-corrected chi connectivity index (χ1v) is 13.1. The molecule has 0 saturated carbocycles. The van der Waals surface area contributed by atoms with E-state index >= 15 is 0 Å². The van der Waals surface area contributed by atoms with Gasteiger partial charge >= 0.3 is 0 Å². The normalized spacial score (nSPS) is 14.5. The van der Waals surface area contributed by atoms with Crippen LogP contribution in [-0.4, -0.2) is 6.54 Å². The summed E-state index contributed by atoms with van der Waals surface area (Å²) in [5.41, 5.74) is 2.63. The summed E-state index contributed by atoms with van der Waals surface area (Å²) in [7, 11) is 0. The fourth-order valence-corrected chi connectivity index (χ4v) is 7.32. The maximum atomic E-state index is 2.42. The molecule has 34 heavy (non-hydrogen) atoms. The summed E-state index contributed by atoms with van der Waals surface area (Å²) < 4.78 is 3.79. The maximum Gasteiger partial charge on any atom is 0.262 e. The summed E-state index contributed by atoms with van der Waals surface area (Å²) in [6, 6.07) is 26.4. The molecule has 0 amide bonds. The van der Waals surface area contributed by atoms with E-state index in [1.54, 1.807) is 0 Å². The standard InChI is InChI=1S/C29H25N2S2.HI/c1-3-30-24-18-16-20-10-5-7-12-22(20)28(24)32-26(30)14-9-15-27-31(4-2)25-19-17-21-11-6-8-13-23(21)29(25)33-27;/h5-19H,3-4H2,1-2H3;1H/q+1;/p-1. The minimum Gasteiger partial charge on any atom is -1.00 e. The van der Waals surface area contributed by atoms with Gasteiger partial charge in [-0.05, 0) is 48.2 Å². The smallest absolute Gasteiger partial charge is 0.262 e. The number of anilines is 1. The summed E-state index contributed by atoms with van der Waals surface area (Å²) in [4.78, 5) is 3.79.